The lowest BCUT2D eigenvalue weighted by Gasteiger charge is -2.38. The van der Waals surface area contributed by atoms with Crippen LogP contribution in [0.3, 0.4) is 0 Å². The Morgan fingerprint density at radius 2 is 1.62 bits per heavy atom. The predicted octanol–water partition coefficient (Wildman–Crippen LogP) is 6.79. The molecule has 3 atom stereocenters. The zero-order valence-electron chi connectivity index (χ0n) is 22.4. The van der Waals surface area contributed by atoms with Crippen LogP contribution >= 0.6 is 11.6 Å². The van der Waals surface area contributed by atoms with Crippen LogP contribution in [0, 0.1) is 10.8 Å². The van der Waals surface area contributed by atoms with Gasteiger partial charge >= 0.3 is 0 Å². The molecule has 2 aliphatic heterocycles. The Morgan fingerprint density at radius 3 is 2.26 bits per heavy atom. The van der Waals surface area contributed by atoms with E-state index in [0.717, 1.165) is 11.3 Å². The summed E-state index contributed by atoms with van der Waals surface area (Å²) in [5, 5.41) is 0.572. The lowest BCUT2D eigenvalue weighted by Crippen LogP contribution is -2.49. The molecule has 6 heteroatoms. The van der Waals surface area contributed by atoms with Crippen molar-refractivity contribution in [1.82, 2.24) is 0 Å². The van der Waals surface area contributed by atoms with E-state index in [2.05, 4.69) is 0 Å². The number of fused-ring (bicyclic) bond motifs is 5. The Morgan fingerprint density at radius 1 is 0.974 bits per heavy atom. The summed E-state index contributed by atoms with van der Waals surface area (Å²) in [4.78, 5) is 45.9. The Hall–Kier alpha value is -3.70. The van der Waals surface area contributed by atoms with E-state index in [0.29, 0.717) is 34.1 Å². The maximum atomic E-state index is 14.7. The molecule has 0 radical (unpaired) electrons. The van der Waals surface area contributed by atoms with Crippen molar-refractivity contribution in [2.45, 2.75) is 45.7 Å². The number of hydrogen-bond acceptors (Lipinski definition) is 5. The highest BCUT2D eigenvalue weighted by molar-refractivity contribution is 6.32. The number of nitrogens with zero attached hydrogens (tertiary/aromatic N) is 1. The van der Waals surface area contributed by atoms with Crippen molar-refractivity contribution in [1.29, 1.82) is 0 Å². The van der Waals surface area contributed by atoms with Gasteiger partial charge in [-0.2, -0.15) is 0 Å². The largest absolute Gasteiger partial charge is 0.494 e. The molecule has 0 unspecified atom stereocenters. The van der Waals surface area contributed by atoms with E-state index in [1.54, 1.807) is 30.3 Å². The first kappa shape index (κ1) is 25.6. The molecular weight excluding hydrogens is 510 g/mol. The van der Waals surface area contributed by atoms with Crippen molar-refractivity contribution in [3.8, 4) is 5.75 Å². The quantitative estimate of drug-likeness (QED) is 0.342. The molecule has 1 aliphatic carbocycles. The third-order valence-electron chi connectivity index (χ3n) is 8.33. The number of carbonyl (C=O) groups is 3. The molecule has 0 bridgehead atoms. The molecule has 39 heavy (non-hydrogen) atoms. The molecule has 3 aromatic rings. The van der Waals surface area contributed by atoms with Gasteiger partial charge in [-0.3, -0.25) is 14.4 Å². The molecule has 1 saturated heterocycles. The average molecular weight is 540 g/mol. The number of halogens is 1. The monoisotopic (exact) mass is 539 g/mol. The van der Waals surface area contributed by atoms with Crippen LogP contribution in [-0.2, 0) is 4.79 Å². The second-order valence-electron chi connectivity index (χ2n) is 11.5. The molecule has 6 rings (SSSR count). The number of hydrogen-bond donors (Lipinski definition) is 0. The molecule has 0 amide bonds. The molecule has 0 N–H and O–H groups in total. The highest BCUT2D eigenvalue weighted by Gasteiger charge is 2.72. The molecule has 0 saturated carbocycles. The second-order valence-corrected chi connectivity index (χ2v) is 11.9. The summed E-state index contributed by atoms with van der Waals surface area (Å²) in [5.74, 6) is -0.752. The Bertz CT molecular complexity index is 1530. The highest BCUT2D eigenvalue weighted by atomic mass is 35.5. The van der Waals surface area contributed by atoms with Crippen LogP contribution in [0.25, 0.3) is 6.08 Å². The number of carbonyl (C=O) groups excluding carboxylic acids is 3. The van der Waals surface area contributed by atoms with Gasteiger partial charge < -0.3 is 9.64 Å². The number of Topliss-reactive ketones (excluding diaryl/α,β-unsaturated/α-hetero) is 3. The zero-order valence-corrected chi connectivity index (χ0v) is 23.2. The molecule has 2 heterocycles. The van der Waals surface area contributed by atoms with Gasteiger partial charge in [-0.1, -0.05) is 87.0 Å². The van der Waals surface area contributed by atoms with Crippen LogP contribution in [0.1, 0.15) is 65.5 Å². The van der Waals surface area contributed by atoms with E-state index in [1.165, 1.54) is 0 Å². The third-order valence-corrected chi connectivity index (χ3v) is 8.56. The van der Waals surface area contributed by atoms with Gasteiger partial charge in [0.15, 0.2) is 17.3 Å². The van der Waals surface area contributed by atoms with Crippen molar-refractivity contribution in [2.24, 2.45) is 10.8 Å². The van der Waals surface area contributed by atoms with Crippen LogP contribution in [0.2, 0.25) is 5.02 Å². The van der Waals surface area contributed by atoms with Crippen LogP contribution in [0.5, 0.6) is 5.75 Å². The van der Waals surface area contributed by atoms with Gasteiger partial charge in [0.1, 0.15) is 11.2 Å². The standard InChI is InChI=1S/C33H30ClNO4/c1-5-39-25-13-9-8-12-23(25)27-28(31(38)32(2,3)4)35-24-16-15-20(34)18-19(24)14-17-26(35)33(27)29(36)21-10-6-7-11-22(21)30(33)37/h6-18,26-28H,5H2,1-4H3/t26-,27+,28+/m1/s1. The Labute approximate surface area is 233 Å². The zero-order chi connectivity index (χ0) is 27.7. The number of para-hydroxylation sites is 1. The third kappa shape index (κ3) is 3.49. The van der Waals surface area contributed by atoms with Crippen LogP contribution in [0.15, 0.2) is 72.8 Å². The summed E-state index contributed by atoms with van der Waals surface area (Å²) < 4.78 is 6.06. The summed E-state index contributed by atoms with van der Waals surface area (Å²) >= 11 is 6.35. The van der Waals surface area contributed by atoms with Gasteiger partial charge in [0.05, 0.1) is 18.7 Å². The second kappa shape index (κ2) is 8.92. The van der Waals surface area contributed by atoms with Gasteiger partial charge in [-0.05, 0) is 36.8 Å². The van der Waals surface area contributed by atoms with Gasteiger partial charge in [-0.25, -0.2) is 0 Å². The summed E-state index contributed by atoms with van der Waals surface area (Å²) in [7, 11) is 0. The predicted molar refractivity (Wildman–Crippen MR) is 153 cm³/mol. The first-order valence-corrected chi connectivity index (χ1v) is 13.7. The average Bonchev–Trinajstić information content (AvgIpc) is 3.34. The molecule has 3 aliphatic rings. The maximum Gasteiger partial charge on any atom is 0.180 e. The van der Waals surface area contributed by atoms with Crippen molar-refractivity contribution in [3.63, 3.8) is 0 Å². The van der Waals surface area contributed by atoms with E-state index in [1.807, 2.05) is 81.1 Å². The lowest BCUT2D eigenvalue weighted by atomic mass is 9.63. The fourth-order valence-corrected chi connectivity index (χ4v) is 6.94. The lowest BCUT2D eigenvalue weighted by molar-refractivity contribution is -0.127. The molecule has 5 nitrogen and oxygen atoms in total. The highest BCUT2D eigenvalue weighted by Crippen LogP contribution is 2.62. The summed E-state index contributed by atoms with van der Waals surface area (Å²) in [6.07, 6.45) is 3.83. The van der Waals surface area contributed by atoms with Crippen LogP contribution < -0.4 is 9.64 Å². The maximum absolute atomic E-state index is 14.7. The number of ether oxygens (including phenoxy) is 1. The Balaban J connectivity index is 1.72. The SMILES string of the molecule is CCOc1ccccc1[C@H]1[C@@H](C(=O)C(C)(C)C)N2c3ccc(Cl)cc3C=C[C@@H]2C12C(=O)c1ccccc1C2=O. The molecular formula is C33H30ClNO4. The topological polar surface area (TPSA) is 63.7 Å². The van der Waals surface area contributed by atoms with E-state index >= 15 is 0 Å². The van der Waals surface area contributed by atoms with Gasteiger partial charge in [0, 0.05) is 38.7 Å². The van der Waals surface area contributed by atoms with Gasteiger partial charge in [-0.15, -0.1) is 0 Å². The minimum atomic E-state index is -1.55. The first-order valence-electron chi connectivity index (χ1n) is 13.3. The number of benzene rings is 3. The van der Waals surface area contributed by atoms with E-state index in [9.17, 15) is 14.4 Å². The number of anilines is 1. The molecule has 3 aromatic carbocycles. The molecule has 0 aromatic heterocycles. The Kier molecular flexibility index (Phi) is 5.85. The normalized spacial score (nSPS) is 22.6. The summed E-state index contributed by atoms with van der Waals surface area (Å²) in [6, 6.07) is 18.6. The summed E-state index contributed by atoms with van der Waals surface area (Å²) in [5.41, 5.74) is 0.827. The molecule has 1 spiro atoms. The van der Waals surface area contributed by atoms with Crippen molar-refractivity contribution in [2.75, 3.05) is 11.5 Å². The van der Waals surface area contributed by atoms with E-state index in [4.69, 9.17) is 16.3 Å². The number of ketones is 3. The first-order chi connectivity index (χ1) is 18.6. The fourth-order valence-electron chi connectivity index (χ4n) is 6.76. The van der Waals surface area contributed by atoms with Crippen LogP contribution in [0.4, 0.5) is 5.69 Å². The smallest absolute Gasteiger partial charge is 0.180 e. The minimum absolute atomic E-state index is 0.0477. The fraction of sp³-hybridized carbons (Fsp3) is 0.303. The van der Waals surface area contributed by atoms with Crippen molar-refractivity contribution >= 4 is 40.7 Å². The molecule has 1 fully saturated rings. The van der Waals surface area contributed by atoms with Crippen molar-refractivity contribution in [3.05, 3.63) is 100 Å². The molecule has 198 valence electrons. The number of rotatable bonds is 4. The van der Waals surface area contributed by atoms with Gasteiger partial charge in [0.2, 0.25) is 0 Å². The van der Waals surface area contributed by atoms with E-state index in [-0.39, 0.29) is 17.3 Å². The van der Waals surface area contributed by atoms with E-state index < -0.39 is 28.8 Å². The van der Waals surface area contributed by atoms with Crippen molar-refractivity contribution < 1.29 is 19.1 Å². The van der Waals surface area contributed by atoms with Gasteiger partial charge in [0.25, 0.3) is 0 Å². The van der Waals surface area contributed by atoms with Crippen LogP contribution in [-0.4, -0.2) is 36.0 Å². The minimum Gasteiger partial charge on any atom is -0.494 e. The summed E-state index contributed by atoms with van der Waals surface area (Å²) in [6.45, 7) is 7.96.